The molecule has 1 saturated carbocycles. The van der Waals surface area contributed by atoms with E-state index in [0.717, 1.165) is 12.1 Å². The zero-order valence-corrected chi connectivity index (χ0v) is 11.6. The third-order valence-corrected chi connectivity index (χ3v) is 3.69. The van der Waals surface area contributed by atoms with Gasteiger partial charge < -0.3 is 10.6 Å². The van der Waals surface area contributed by atoms with Crippen molar-refractivity contribution in [3.05, 3.63) is 65.2 Å². The van der Waals surface area contributed by atoms with Crippen molar-refractivity contribution in [2.24, 2.45) is 0 Å². The normalized spacial score (nSPS) is 20.2. The van der Waals surface area contributed by atoms with E-state index in [-0.39, 0.29) is 12.1 Å². The lowest BCUT2D eigenvalue weighted by atomic mass is 10.1. The number of urea groups is 1. The third-order valence-electron chi connectivity index (χ3n) is 3.44. The topological polar surface area (TPSA) is 41.1 Å². The molecule has 1 aliphatic rings. The van der Waals surface area contributed by atoms with E-state index in [4.69, 9.17) is 11.6 Å². The first-order chi connectivity index (χ1) is 9.72. The van der Waals surface area contributed by atoms with Crippen LogP contribution in [0, 0.1) is 0 Å². The summed E-state index contributed by atoms with van der Waals surface area (Å²) in [5.41, 5.74) is 2.02. The Morgan fingerprint density at radius 1 is 1.05 bits per heavy atom. The van der Waals surface area contributed by atoms with Crippen molar-refractivity contribution in [3.8, 4) is 0 Å². The lowest BCUT2D eigenvalue weighted by molar-refractivity contribution is 0.251. The number of hydrogen-bond donors (Lipinski definition) is 2. The molecule has 20 heavy (non-hydrogen) atoms. The van der Waals surface area contributed by atoms with Crippen LogP contribution in [0.15, 0.2) is 54.6 Å². The van der Waals surface area contributed by atoms with Crippen LogP contribution in [0.25, 0.3) is 0 Å². The van der Waals surface area contributed by atoms with E-state index >= 15 is 0 Å². The molecule has 0 heterocycles. The summed E-state index contributed by atoms with van der Waals surface area (Å²) < 4.78 is 0. The highest BCUT2D eigenvalue weighted by Crippen LogP contribution is 2.40. The molecule has 0 unspecified atom stereocenters. The van der Waals surface area contributed by atoms with Gasteiger partial charge in [0.15, 0.2) is 0 Å². The van der Waals surface area contributed by atoms with E-state index in [2.05, 4.69) is 22.8 Å². The Bertz CT molecular complexity index is 598. The Hall–Kier alpha value is -2.00. The Morgan fingerprint density at radius 2 is 1.75 bits per heavy atom. The number of carbonyl (C=O) groups is 1. The molecule has 1 fully saturated rings. The van der Waals surface area contributed by atoms with Gasteiger partial charge in [-0.2, -0.15) is 0 Å². The van der Waals surface area contributed by atoms with Gasteiger partial charge in [-0.15, -0.1) is 0 Å². The molecular weight excluding hydrogens is 272 g/mol. The third kappa shape index (κ3) is 3.11. The van der Waals surface area contributed by atoms with Gasteiger partial charge >= 0.3 is 6.03 Å². The Kier molecular flexibility index (Phi) is 3.61. The predicted molar refractivity (Wildman–Crippen MR) is 81.2 cm³/mol. The monoisotopic (exact) mass is 286 g/mol. The van der Waals surface area contributed by atoms with Gasteiger partial charge in [-0.1, -0.05) is 41.9 Å². The van der Waals surface area contributed by atoms with Crippen molar-refractivity contribution < 1.29 is 4.79 Å². The van der Waals surface area contributed by atoms with E-state index in [1.165, 1.54) is 5.56 Å². The quantitative estimate of drug-likeness (QED) is 0.879. The van der Waals surface area contributed by atoms with E-state index in [1.807, 2.05) is 18.2 Å². The second-order valence-corrected chi connectivity index (χ2v) is 5.40. The lowest BCUT2D eigenvalue weighted by Crippen LogP contribution is -2.31. The van der Waals surface area contributed by atoms with Crippen LogP contribution in [-0.2, 0) is 0 Å². The first-order valence-electron chi connectivity index (χ1n) is 6.60. The van der Waals surface area contributed by atoms with Gasteiger partial charge in [0.05, 0.1) is 0 Å². The minimum Gasteiger partial charge on any atom is -0.334 e. The lowest BCUT2D eigenvalue weighted by Gasteiger charge is -2.07. The zero-order valence-electron chi connectivity index (χ0n) is 10.8. The highest BCUT2D eigenvalue weighted by Gasteiger charge is 2.39. The van der Waals surface area contributed by atoms with Gasteiger partial charge in [-0.3, -0.25) is 0 Å². The number of hydrogen-bond acceptors (Lipinski definition) is 1. The van der Waals surface area contributed by atoms with Gasteiger partial charge in [-0.25, -0.2) is 4.79 Å². The number of halogens is 1. The summed E-state index contributed by atoms with van der Waals surface area (Å²) in [4.78, 5) is 11.9. The summed E-state index contributed by atoms with van der Waals surface area (Å²) in [5.74, 6) is 0.437. The number of amides is 2. The van der Waals surface area contributed by atoms with Crippen LogP contribution in [0.2, 0.25) is 5.02 Å². The van der Waals surface area contributed by atoms with Crippen molar-refractivity contribution in [2.75, 3.05) is 5.32 Å². The number of rotatable bonds is 3. The molecular formula is C16H15ClN2O. The fraction of sp³-hybridized carbons (Fsp3) is 0.188. The van der Waals surface area contributed by atoms with Crippen LogP contribution in [0.5, 0.6) is 0 Å². The van der Waals surface area contributed by atoms with Gasteiger partial charge in [0.25, 0.3) is 0 Å². The summed E-state index contributed by atoms with van der Waals surface area (Å²) in [6, 6.07) is 17.4. The average molecular weight is 287 g/mol. The highest BCUT2D eigenvalue weighted by molar-refractivity contribution is 6.30. The van der Waals surface area contributed by atoms with Crippen molar-refractivity contribution in [1.82, 2.24) is 5.32 Å². The number of nitrogens with one attached hydrogen (secondary N) is 2. The molecule has 0 aromatic heterocycles. The molecule has 4 heteroatoms. The van der Waals surface area contributed by atoms with E-state index in [9.17, 15) is 4.79 Å². The number of benzene rings is 2. The molecule has 2 aromatic rings. The minimum atomic E-state index is -0.171. The first-order valence-corrected chi connectivity index (χ1v) is 6.98. The molecule has 3 nitrogen and oxygen atoms in total. The van der Waals surface area contributed by atoms with Gasteiger partial charge in [0.1, 0.15) is 0 Å². The smallest absolute Gasteiger partial charge is 0.319 e. The molecule has 0 spiro atoms. The molecule has 2 aromatic carbocycles. The molecule has 3 rings (SSSR count). The second-order valence-electron chi connectivity index (χ2n) is 4.96. The first kappa shape index (κ1) is 13.0. The van der Waals surface area contributed by atoms with E-state index < -0.39 is 0 Å². The van der Waals surface area contributed by atoms with Crippen LogP contribution in [0.1, 0.15) is 17.9 Å². The standard InChI is InChI=1S/C16H15ClN2O/c17-12-6-8-13(9-7-12)18-16(20)19-15-10-14(15)11-4-2-1-3-5-11/h1-9,14-15H,10H2,(H2,18,19,20)/t14-,15-/m1/s1. The van der Waals surface area contributed by atoms with E-state index in [1.54, 1.807) is 24.3 Å². The zero-order chi connectivity index (χ0) is 13.9. The van der Waals surface area contributed by atoms with Gasteiger partial charge in [0.2, 0.25) is 0 Å². The van der Waals surface area contributed by atoms with Crippen LogP contribution in [0.3, 0.4) is 0 Å². The Labute approximate surface area is 123 Å². The second kappa shape index (κ2) is 5.55. The maximum absolute atomic E-state index is 11.9. The highest BCUT2D eigenvalue weighted by atomic mass is 35.5. The van der Waals surface area contributed by atoms with Crippen molar-refractivity contribution in [3.63, 3.8) is 0 Å². The molecule has 102 valence electrons. The van der Waals surface area contributed by atoms with Crippen molar-refractivity contribution >= 4 is 23.3 Å². The molecule has 2 N–H and O–H groups in total. The van der Waals surface area contributed by atoms with Crippen LogP contribution in [-0.4, -0.2) is 12.1 Å². The van der Waals surface area contributed by atoms with Crippen LogP contribution < -0.4 is 10.6 Å². The summed E-state index contributed by atoms with van der Waals surface area (Å²) in [7, 11) is 0. The summed E-state index contributed by atoms with van der Waals surface area (Å²) in [6.07, 6.45) is 0.998. The largest absolute Gasteiger partial charge is 0.334 e. The van der Waals surface area contributed by atoms with Crippen LogP contribution in [0.4, 0.5) is 10.5 Å². The average Bonchev–Trinajstić information content (AvgIpc) is 3.21. The fourth-order valence-corrected chi connectivity index (χ4v) is 2.42. The Balaban J connectivity index is 1.52. The molecule has 2 amide bonds. The van der Waals surface area contributed by atoms with Crippen molar-refractivity contribution in [1.29, 1.82) is 0 Å². The summed E-state index contributed by atoms with van der Waals surface area (Å²) in [5, 5.41) is 6.44. The molecule has 0 bridgehead atoms. The summed E-state index contributed by atoms with van der Waals surface area (Å²) in [6.45, 7) is 0. The SMILES string of the molecule is O=C(Nc1ccc(Cl)cc1)N[C@@H]1C[C@@H]1c1ccccc1. The van der Waals surface area contributed by atoms with Gasteiger partial charge in [0, 0.05) is 22.7 Å². The molecule has 0 radical (unpaired) electrons. The van der Waals surface area contributed by atoms with Crippen LogP contribution >= 0.6 is 11.6 Å². The maximum atomic E-state index is 11.9. The predicted octanol–water partition coefficient (Wildman–Crippen LogP) is 4.02. The van der Waals surface area contributed by atoms with Gasteiger partial charge in [-0.05, 0) is 36.2 Å². The molecule has 0 saturated heterocycles. The van der Waals surface area contributed by atoms with Crippen molar-refractivity contribution in [2.45, 2.75) is 18.4 Å². The number of carbonyl (C=O) groups excluding carboxylic acids is 1. The van der Waals surface area contributed by atoms with E-state index in [0.29, 0.717) is 10.9 Å². The summed E-state index contributed by atoms with van der Waals surface area (Å²) >= 11 is 5.80. The fourth-order valence-electron chi connectivity index (χ4n) is 2.29. The Morgan fingerprint density at radius 3 is 2.45 bits per heavy atom. The molecule has 0 aliphatic heterocycles. The molecule has 2 atom stereocenters. The number of anilines is 1. The maximum Gasteiger partial charge on any atom is 0.319 e. The molecule has 1 aliphatic carbocycles. The minimum absolute atomic E-state index is 0.171.